The fourth-order valence-corrected chi connectivity index (χ4v) is 4.91. The normalized spacial score (nSPS) is 25.3. The quantitative estimate of drug-likeness (QED) is 0.833. The van der Waals surface area contributed by atoms with Gasteiger partial charge in [-0.15, -0.1) is 0 Å². The van der Waals surface area contributed by atoms with Crippen LogP contribution in [-0.2, 0) is 10.0 Å². The summed E-state index contributed by atoms with van der Waals surface area (Å²) in [6.45, 7) is 1.67. The number of rotatable bonds is 3. The summed E-state index contributed by atoms with van der Waals surface area (Å²) in [6.07, 6.45) is 7.23. The molecule has 5 heteroatoms. The monoisotopic (exact) mass is 260 g/mol. The molecular weight excluding hydrogens is 236 g/mol. The van der Waals surface area contributed by atoms with Crippen molar-refractivity contribution in [3.63, 3.8) is 0 Å². The first-order chi connectivity index (χ1) is 8.12. The number of hydrogen-bond donors (Lipinski definition) is 1. The molecule has 2 fully saturated rings. The summed E-state index contributed by atoms with van der Waals surface area (Å²) in [6, 6.07) is 0.253. The summed E-state index contributed by atoms with van der Waals surface area (Å²) in [7, 11) is -1.28. The maximum absolute atomic E-state index is 12.5. The predicted octanol–water partition coefficient (Wildman–Crippen LogP) is 1.33. The molecule has 0 amide bonds. The average molecular weight is 260 g/mol. The van der Waals surface area contributed by atoms with Crippen molar-refractivity contribution in [1.29, 1.82) is 0 Å². The number of nitrogens with zero attached hydrogens (tertiary/aromatic N) is 1. The molecule has 0 aromatic heterocycles. The maximum Gasteiger partial charge on any atom is 0.217 e. The number of nitrogens with one attached hydrogen (secondary N) is 1. The molecule has 1 saturated carbocycles. The smallest absolute Gasteiger partial charge is 0.217 e. The molecule has 0 aromatic rings. The van der Waals surface area contributed by atoms with Crippen LogP contribution in [-0.4, -0.2) is 44.2 Å². The van der Waals surface area contributed by atoms with Gasteiger partial charge in [0.1, 0.15) is 0 Å². The number of hydrogen-bond acceptors (Lipinski definition) is 3. The van der Waals surface area contributed by atoms with Gasteiger partial charge in [0.25, 0.3) is 0 Å². The van der Waals surface area contributed by atoms with Crippen LogP contribution in [0.5, 0.6) is 0 Å². The van der Waals surface area contributed by atoms with Crippen LogP contribution in [0, 0.1) is 0 Å². The van der Waals surface area contributed by atoms with Crippen molar-refractivity contribution >= 4 is 10.0 Å². The Morgan fingerprint density at radius 3 is 2.18 bits per heavy atom. The molecule has 1 aliphatic heterocycles. The minimum Gasteiger partial charge on any atom is -0.317 e. The number of sulfonamides is 1. The highest BCUT2D eigenvalue weighted by Gasteiger charge is 2.34. The van der Waals surface area contributed by atoms with Crippen LogP contribution >= 0.6 is 0 Å². The van der Waals surface area contributed by atoms with Crippen molar-refractivity contribution in [2.45, 2.75) is 56.2 Å². The van der Waals surface area contributed by atoms with Crippen molar-refractivity contribution in [1.82, 2.24) is 9.62 Å². The van der Waals surface area contributed by atoms with E-state index in [0.29, 0.717) is 0 Å². The van der Waals surface area contributed by atoms with Crippen molar-refractivity contribution in [2.75, 3.05) is 20.1 Å². The minimum absolute atomic E-state index is 0.157. The first-order valence-electron chi connectivity index (χ1n) is 6.80. The number of piperidine rings is 1. The lowest BCUT2D eigenvalue weighted by Crippen LogP contribution is -2.46. The van der Waals surface area contributed by atoms with E-state index in [4.69, 9.17) is 0 Å². The summed E-state index contributed by atoms with van der Waals surface area (Å²) in [4.78, 5) is 0. The molecule has 0 atom stereocenters. The van der Waals surface area contributed by atoms with Gasteiger partial charge in [0.15, 0.2) is 0 Å². The van der Waals surface area contributed by atoms with E-state index in [-0.39, 0.29) is 11.3 Å². The highest BCUT2D eigenvalue weighted by atomic mass is 32.2. The van der Waals surface area contributed by atoms with E-state index >= 15 is 0 Å². The van der Waals surface area contributed by atoms with Gasteiger partial charge in [0.05, 0.1) is 5.25 Å². The lowest BCUT2D eigenvalue weighted by atomic mass is 9.96. The summed E-state index contributed by atoms with van der Waals surface area (Å²) >= 11 is 0. The third-order valence-electron chi connectivity index (χ3n) is 4.20. The standard InChI is InChI=1S/C12H24N2O2S/c1-14(11-5-3-2-4-6-11)17(15,16)12-7-9-13-10-8-12/h11-13H,2-10H2,1H3. The first kappa shape index (κ1) is 13.3. The molecule has 0 radical (unpaired) electrons. The van der Waals surface area contributed by atoms with Crippen molar-refractivity contribution in [3.8, 4) is 0 Å². The molecule has 2 rings (SSSR count). The van der Waals surface area contributed by atoms with Gasteiger partial charge in [-0.1, -0.05) is 19.3 Å². The third-order valence-corrected chi connectivity index (χ3v) is 6.61. The summed E-state index contributed by atoms with van der Waals surface area (Å²) < 4.78 is 26.6. The molecular formula is C12H24N2O2S. The third kappa shape index (κ3) is 3.01. The summed E-state index contributed by atoms with van der Waals surface area (Å²) in [5, 5.41) is 3.07. The van der Waals surface area contributed by atoms with Crippen molar-refractivity contribution in [3.05, 3.63) is 0 Å². The van der Waals surface area contributed by atoms with Gasteiger partial charge in [-0.3, -0.25) is 0 Å². The van der Waals surface area contributed by atoms with Crippen LogP contribution in [0.15, 0.2) is 0 Å². The van der Waals surface area contributed by atoms with Crippen molar-refractivity contribution < 1.29 is 8.42 Å². The van der Waals surface area contributed by atoms with E-state index < -0.39 is 10.0 Å². The zero-order valence-corrected chi connectivity index (χ0v) is 11.5. The molecule has 1 saturated heterocycles. The van der Waals surface area contributed by atoms with E-state index in [1.54, 1.807) is 11.4 Å². The van der Waals surface area contributed by atoms with Crippen LogP contribution < -0.4 is 5.32 Å². The second-order valence-electron chi connectivity index (χ2n) is 5.30. The van der Waals surface area contributed by atoms with Crippen LogP contribution in [0.25, 0.3) is 0 Å². The van der Waals surface area contributed by atoms with E-state index in [9.17, 15) is 8.42 Å². The average Bonchev–Trinajstić information content (AvgIpc) is 2.40. The SMILES string of the molecule is CN(C1CCCCC1)S(=O)(=O)C1CCNCC1. The largest absolute Gasteiger partial charge is 0.317 e. The van der Waals surface area contributed by atoms with E-state index in [0.717, 1.165) is 38.8 Å². The zero-order chi connectivity index (χ0) is 12.3. The van der Waals surface area contributed by atoms with E-state index in [2.05, 4.69) is 5.32 Å². The molecule has 100 valence electrons. The fraction of sp³-hybridized carbons (Fsp3) is 1.00. The Balaban J connectivity index is 2.02. The van der Waals surface area contributed by atoms with Crippen LogP contribution in [0.3, 0.4) is 0 Å². The van der Waals surface area contributed by atoms with Gasteiger partial charge in [0.2, 0.25) is 10.0 Å². The van der Waals surface area contributed by atoms with Gasteiger partial charge in [-0.25, -0.2) is 12.7 Å². The topological polar surface area (TPSA) is 49.4 Å². The van der Waals surface area contributed by atoms with Crippen molar-refractivity contribution in [2.24, 2.45) is 0 Å². The fourth-order valence-electron chi connectivity index (χ4n) is 2.98. The lowest BCUT2D eigenvalue weighted by Gasteiger charge is -2.34. The Bertz CT molecular complexity index is 330. The molecule has 0 spiro atoms. The second kappa shape index (κ2) is 5.67. The highest BCUT2D eigenvalue weighted by Crippen LogP contribution is 2.26. The van der Waals surface area contributed by atoms with Gasteiger partial charge in [0, 0.05) is 13.1 Å². The maximum atomic E-state index is 12.5. The molecule has 1 N–H and O–H groups in total. The van der Waals surface area contributed by atoms with Gasteiger partial charge >= 0.3 is 0 Å². The molecule has 4 nitrogen and oxygen atoms in total. The first-order valence-corrected chi connectivity index (χ1v) is 8.30. The lowest BCUT2D eigenvalue weighted by molar-refractivity contribution is 0.280. The Labute approximate surface area is 105 Å². The Morgan fingerprint density at radius 1 is 1.00 bits per heavy atom. The molecule has 0 aromatic carbocycles. The Morgan fingerprint density at radius 2 is 1.59 bits per heavy atom. The minimum atomic E-state index is -3.07. The predicted molar refractivity (Wildman–Crippen MR) is 69.4 cm³/mol. The molecule has 0 unspecified atom stereocenters. The van der Waals surface area contributed by atoms with Gasteiger partial charge in [-0.2, -0.15) is 0 Å². The van der Waals surface area contributed by atoms with Crippen LogP contribution in [0.2, 0.25) is 0 Å². The van der Waals surface area contributed by atoms with Gasteiger partial charge in [-0.05, 0) is 38.8 Å². The van der Waals surface area contributed by atoms with E-state index in [1.165, 1.54) is 19.3 Å². The summed E-state index contributed by atoms with van der Waals surface area (Å²) in [5.74, 6) is 0. The molecule has 2 aliphatic rings. The Kier molecular flexibility index (Phi) is 4.44. The van der Waals surface area contributed by atoms with Gasteiger partial charge < -0.3 is 5.32 Å². The Hall–Kier alpha value is -0.130. The van der Waals surface area contributed by atoms with Crippen LogP contribution in [0.4, 0.5) is 0 Å². The zero-order valence-electron chi connectivity index (χ0n) is 10.7. The molecule has 1 heterocycles. The summed E-state index contributed by atoms with van der Waals surface area (Å²) in [5.41, 5.74) is 0. The van der Waals surface area contributed by atoms with E-state index in [1.807, 2.05) is 0 Å². The van der Waals surface area contributed by atoms with Crippen LogP contribution in [0.1, 0.15) is 44.9 Å². The second-order valence-corrected chi connectivity index (χ2v) is 7.57. The highest BCUT2D eigenvalue weighted by molar-refractivity contribution is 7.89. The molecule has 1 aliphatic carbocycles. The molecule has 0 bridgehead atoms. The molecule has 17 heavy (non-hydrogen) atoms.